The molecule has 0 aliphatic carbocycles. The molecule has 1 N–H and O–H groups in total. The van der Waals surface area contributed by atoms with Gasteiger partial charge in [-0.05, 0) is 22.7 Å². The molecule has 0 amide bonds. The molecule has 0 unspecified atom stereocenters. The second kappa shape index (κ2) is 5.90. The molecule has 0 saturated heterocycles. The third-order valence-corrected chi connectivity index (χ3v) is 5.87. The summed E-state index contributed by atoms with van der Waals surface area (Å²) in [5, 5.41) is 10.8. The van der Waals surface area contributed by atoms with Crippen molar-refractivity contribution in [2.24, 2.45) is 0 Å². The Labute approximate surface area is 100 Å². The predicted molar refractivity (Wildman–Crippen MR) is 73.0 cm³/mol. The summed E-state index contributed by atoms with van der Waals surface area (Å²) in [6.07, 6.45) is 1.92. The van der Waals surface area contributed by atoms with Crippen molar-refractivity contribution in [1.82, 2.24) is 0 Å². The summed E-state index contributed by atoms with van der Waals surface area (Å²) in [7, 11) is -0.837. The Balaban J connectivity index is 2.91. The molecule has 1 radical (unpaired) electrons. The molecule has 0 saturated carbocycles. The second-order valence-corrected chi connectivity index (χ2v) is 8.44. The van der Waals surface area contributed by atoms with Crippen LogP contribution in [0.15, 0.2) is 35.7 Å². The van der Waals surface area contributed by atoms with Gasteiger partial charge in [0.15, 0.2) is 0 Å². The third kappa shape index (κ3) is 3.53. The van der Waals surface area contributed by atoms with Crippen LogP contribution in [-0.4, -0.2) is 13.9 Å². The molecule has 1 nitrogen and oxygen atoms in total. The van der Waals surface area contributed by atoms with Crippen molar-refractivity contribution in [1.29, 1.82) is 0 Å². The van der Waals surface area contributed by atoms with E-state index < -0.39 is 8.80 Å². The van der Waals surface area contributed by atoms with Crippen molar-refractivity contribution in [2.45, 2.75) is 38.8 Å². The highest BCUT2D eigenvalue weighted by Gasteiger charge is 2.24. The zero-order chi connectivity index (χ0) is 12.1. The minimum Gasteiger partial charge on any atom is -0.518 e. The minimum absolute atomic E-state index is 0.560. The average Bonchev–Trinajstić information content (AvgIpc) is 2.17. The Morgan fingerprint density at radius 1 is 1.06 bits per heavy atom. The van der Waals surface area contributed by atoms with Crippen LogP contribution in [0.5, 0.6) is 0 Å². The zero-order valence-corrected chi connectivity index (χ0v) is 11.6. The van der Waals surface area contributed by atoms with Gasteiger partial charge in [-0.15, -0.1) is 0 Å². The lowest BCUT2D eigenvalue weighted by molar-refractivity contribution is 0.447. The fourth-order valence-electron chi connectivity index (χ4n) is 2.05. The van der Waals surface area contributed by atoms with Crippen LogP contribution in [0.1, 0.15) is 33.3 Å². The summed E-state index contributed by atoms with van der Waals surface area (Å²) < 4.78 is 0. The van der Waals surface area contributed by atoms with E-state index >= 15 is 0 Å². The maximum atomic E-state index is 10.2. The van der Waals surface area contributed by atoms with E-state index in [1.54, 1.807) is 0 Å². The van der Waals surface area contributed by atoms with Crippen LogP contribution in [-0.2, 0) is 0 Å². The van der Waals surface area contributed by atoms with Gasteiger partial charge < -0.3 is 5.11 Å². The van der Waals surface area contributed by atoms with E-state index in [0.717, 1.165) is 5.56 Å². The Bertz CT molecular complexity index is 333. The number of aliphatic hydroxyl groups is 1. The molecule has 1 aromatic rings. The molecule has 0 heterocycles. The standard InChI is InChI=1S/C14H21OSi/c1-11(2)16(12(3)4)14(15)10-13-8-6-5-7-9-13/h5-12,15H,1-4H3. The lowest BCUT2D eigenvalue weighted by Gasteiger charge is -2.21. The van der Waals surface area contributed by atoms with E-state index in [-0.39, 0.29) is 0 Å². The quantitative estimate of drug-likeness (QED) is 0.602. The maximum Gasteiger partial charge on any atom is 0.138 e. The van der Waals surface area contributed by atoms with E-state index in [1.807, 2.05) is 36.4 Å². The first-order valence-corrected chi connectivity index (χ1v) is 7.50. The summed E-state index contributed by atoms with van der Waals surface area (Å²) in [5.74, 6) is 0. The first-order chi connectivity index (χ1) is 7.52. The van der Waals surface area contributed by atoms with Crippen molar-refractivity contribution in [3.8, 4) is 0 Å². The van der Waals surface area contributed by atoms with Gasteiger partial charge in [0.1, 0.15) is 8.80 Å². The average molecular weight is 233 g/mol. The highest BCUT2D eigenvalue weighted by Crippen LogP contribution is 2.26. The Hall–Kier alpha value is -1.02. The first kappa shape index (κ1) is 13.0. The van der Waals surface area contributed by atoms with Crippen LogP contribution in [0, 0.1) is 0 Å². The van der Waals surface area contributed by atoms with E-state index in [2.05, 4.69) is 27.7 Å². The molecule has 1 rings (SSSR count). The summed E-state index contributed by atoms with van der Waals surface area (Å²) in [6.45, 7) is 8.79. The van der Waals surface area contributed by atoms with Gasteiger partial charge in [0.05, 0.1) is 5.38 Å². The van der Waals surface area contributed by atoms with Gasteiger partial charge in [-0.2, -0.15) is 0 Å². The van der Waals surface area contributed by atoms with Gasteiger partial charge in [-0.25, -0.2) is 0 Å². The van der Waals surface area contributed by atoms with Gasteiger partial charge >= 0.3 is 0 Å². The topological polar surface area (TPSA) is 20.2 Å². The number of hydrogen-bond donors (Lipinski definition) is 1. The molecule has 0 aromatic heterocycles. The Kier molecular flexibility index (Phi) is 4.81. The lowest BCUT2D eigenvalue weighted by atomic mass is 10.2. The molecule has 0 aliphatic rings. The number of hydrogen-bond acceptors (Lipinski definition) is 1. The van der Waals surface area contributed by atoms with Crippen LogP contribution >= 0.6 is 0 Å². The molecule has 0 fully saturated rings. The normalized spacial score (nSPS) is 12.8. The van der Waals surface area contributed by atoms with Crippen molar-refractivity contribution >= 4 is 14.9 Å². The Morgan fingerprint density at radius 2 is 1.56 bits per heavy atom. The molecule has 87 valence electrons. The van der Waals surface area contributed by atoms with Crippen molar-refractivity contribution in [3.05, 3.63) is 41.3 Å². The largest absolute Gasteiger partial charge is 0.518 e. The summed E-state index contributed by atoms with van der Waals surface area (Å²) in [4.78, 5) is 0. The van der Waals surface area contributed by atoms with Gasteiger partial charge in [0.25, 0.3) is 0 Å². The highest BCUT2D eigenvalue weighted by atomic mass is 28.3. The Morgan fingerprint density at radius 3 is 2.00 bits per heavy atom. The van der Waals surface area contributed by atoms with Crippen LogP contribution in [0.25, 0.3) is 6.08 Å². The molecule has 0 spiro atoms. The molecular formula is C14H21OSi. The van der Waals surface area contributed by atoms with Gasteiger partial charge in [0.2, 0.25) is 0 Å². The number of benzene rings is 1. The van der Waals surface area contributed by atoms with Gasteiger partial charge in [0, 0.05) is 0 Å². The fraction of sp³-hybridized carbons (Fsp3) is 0.429. The summed E-state index contributed by atoms with van der Waals surface area (Å²) >= 11 is 0. The SMILES string of the molecule is CC(C)[Si](C(O)=Cc1ccccc1)C(C)C. The zero-order valence-electron chi connectivity index (χ0n) is 10.6. The van der Waals surface area contributed by atoms with E-state index in [1.165, 1.54) is 0 Å². The molecule has 16 heavy (non-hydrogen) atoms. The third-order valence-electron chi connectivity index (χ3n) is 2.64. The first-order valence-electron chi connectivity index (χ1n) is 5.85. The molecular weight excluding hydrogens is 212 g/mol. The monoisotopic (exact) mass is 233 g/mol. The predicted octanol–water partition coefficient (Wildman–Crippen LogP) is 4.44. The van der Waals surface area contributed by atoms with Gasteiger partial charge in [-0.1, -0.05) is 58.0 Å². The van der Waals surface area contributed by atoms with Crippen LogP contribution in [0.4, 0.5) is 0 Å². The molecule has 2 heteroatoms. The second-order valence-electron chi connectivity index (χ2n) is 4.71. The molecule has 0 bridgehead atoms. The number of rotatable bonds is 4. The maximum absolute atomic E-state index is 10.2. The minimum atomic E-state index is -0.837. The van der Waals surface area contributed by atoms with Gasteiger partial charge in [-0.3, -0.25) is 0 Å². The fourth-order valence-corrected chi connectivity index (χ4v) is 4.90. The lowest BCUT2D eigenvalue weighted by Crippen LogP contribution is -2.24. The number of aliphatic hydroxyl groups excluding tert-OH is 1. The van der Waals surface area contributed by atoms with Crippen molar-refractivity contribution in [2.75, 3.05) is 0 Å². The molecule has 0 atom stereocenters. The van der Waals surface area contributed by atoms with E-state index in [4.69, 9.17) is 0 Å². The van der Waals surface area contributed by atoms with E-state index in [9.17, 15) is 5.11 Å². The van der Waals surface area contributed by atoms with Crippen LogP contribution in [0.3, 0.4) is 0 Å². The van der Waals surface area contributed by atoms with Crippen LogP contribution < -0.4 is 0 Å². The van der Waals surface area contributed by atoms with Crippen molar-refractivity contribution in [3.63, 3.8) is 0 Å². The summed E-state index contributed by atoms with van der Waals surface area (Å²) in [5.41, 5.74) is 2.21. The summed E-state index contributed by atoms with van der Waals surface area (Å²) in [6, 6.07) is 10.0. The molecule has 0 aliphatic heterocycles. The molecule has 1 aromatic carbocycles. The van der Waals surface area contributed by atoms with Crippen molar-refractivity contribution < 1.29 is 5.11 Å². The van der Waals surface area contributed by atoms with E-state index in [0.29, 0.717) is 16.5 Å². The van der Waals surface area contributed by atoms with Crippen LogP contribution in [0.2, 0.25) is 11.1 Å². The smallest absolute Gasteiger partial charge is 0.138 e. The highest BCUT2D eigenvalue weighted by molar-refractivity contribution is 6.69.